The number of carbonyl (C=O) groups is 1. The molecule has 0 spiro atoms. The highest BCUT2D eigenvalue weighted by molar-refractivity contribution is 5.95. The minimum absolute atomic E-state index is 0.151. The zero-order valence-corrected chi connectivity index (χ0v) is 9.95. The highest BCUT2D eigenvalue weighted by Crippen LogP contribution is 2.05. The average molecular weight is 219 g/mol. The van der Waals surface area contributed by atoms with Crippen molar-refractivity contribution < 1.29 is 4.79 Å². The Bertz CT molecular complexity index is 414. The van der Waals surface area contributed by atoms with Crippen LogP contribution in [0.1, 0.15) is 35.8 Å². The zero-order chi connectivity index (χ0) is 12.1. The quantitative estimate of drug-likeness (QED) is 0.775. The second kappa shape index (κ2) is 5.36. The first kappa shape index (κ1) is 12.3. The van der Waals surface area contributed by atoms with Gasteiger partial charge in [0.05, 0.1) is 17.3 Å². The highest BCUT2D eigenvalue weighted by Gasteiger charge is 2.15. The Morgan fingerprint density at radius 3 is 2.88 bits per heavy atom. The Hall–Kier alpha value is -1.76. The van der Waals surface area contributed by atoms with Gasteiger partial charge >= 0.3 is 0 Å². The van der Waals surface area contributed by atoms with Crippen LogP contribution >= 0.6 is 0 Å². The summed E-state index contributed by atoms with van der Waals surface area (Å²) in [6.45, 7) is 3.84. The zero-order valence-electron chi connectivity index (χ0n) is 9.95. The number of terminal acetylenes is 1. The summed E-state index contributed by atoms with van der Waals surface area (Å²) in [5, 5.41) is 6.93. The number of carbonyl (C=O) groups excluding carboxylic acids is 1. The van der Waals surface area contributed by atoms with Gasteiger partial charge < -0.3 is 5.32 Å². The van der Waals surface area contributed by atoms with Crippen LogP contribution in [0.3, 0.4) is 0 Å². The van der Waals surface area contributed by atoms with E-state index < -0.39 is 0 Å². The lowest BCUT2D eigenvalue weighted by Gasteiger charge is -2.11. The lowest BCUT2D eigenvalue weighted by atomic mass is 10.1. The van der Waals surface area contributed by atoms with Gasteiger partial charge in [-0.25, -0.2) is 0 Å². The summed E-state index contributed by atoms with van der Waals surface area (Å²) >= 11 is 0. The van der Waals surface area contributed by atoms with Crippen molar-refractivity contribution >= 4 is 5.91 Å². The molecule has 1 unspecified atom stereocenters. The number of aryl methyl sites for hydroxylation is 2. The number of hydrogen-bond donors (Lipinski definition) is 1. The van der Waals surface area contributed by atoms with Gasteiger partial charge in [-0.15, -0.1) is 6.42 Å². The van der Waals surface area contributed by atoms with Crippen molar-refractivity contribution in [2.24, 2.45) is 7.05 Å². The lowest BCUT2D eigenvalue weighted by Crippen LogP contribution is -2.33. The SMILES string of the molecule is C#CC(CCC)NC(=O)c1cn(C)nc1C. The number of hydrogen-bond acceptors (Lipinski definition) is 2. The monoisotopic (exact) mass is 219 g/mol. The second-order valence-electron chi connectivity index (χ2n) is 3.78. The van der Waals surface area contributed by atoms with Crippen LogP contribution in [0.25, 0.3) is 0 Å². The third-order valence-electron chi connectivity index (χ3n) is 2.34. The fraction of sp³-hybridized carbons (Fsp3) is 0.500. The molecule has 0 saturated heterocycles. The summed E-state index contributed by atoms with van der Waals surface area (Å²) in [6.07, 6.45) is 8.78. The van der Waals surface area contributed by atoms with E-state index in [4.69, 9.17) is 6.42 Å². The summed E-state index contributed by atoms with van der Waals surface area (Å²) in [4.78, 5) is 11.9. The molecular weight excluding hydrogens is 202 g/mol. The Labute approximate surface area is 96.0 Å². The molecule has 1 atom stereocenters. The van der Waals surface area contributed by atoms with Crippen molar-refractivity contribution in [3.05, 3.63) is 17.5 Å². The second-order valence-corrected chi connectivity index (χ2v) is 3.78. The van der Waals surface area contributed by atoms with Gasteiger partial charge in [0, 0.05) is 13.2 Å². The van der Waals surface area contributed by atoms with Gasteiger partial charge in [0.1, 0.15) is 0 Å². The molecule has 4 heteroatoms. The average Bonchev–Trinajstić information content (AvgIpc) is 2.57. The summed E-state index contributed by atoms with van der Waals surface area (Å²) in [5.41, 5.74) is 1.30. The van der Waals surface area contributed by atoms with Gasteiger partial charge in [-0.3, -0.25) is 9.48 Å². The number of nitrogens with one attached hydrogen (secondary N) is 1. The van der Waals surface area contributed by atoms with Crippen molar-refractivity contribution in [3.63, 3.8) is 0 Å². The standard InChI is InChI=1S/C12H17N3O/c1-5-7-10(6-2)13-12(16)11-8-15(4)14-9(11)3/h2,8,10H,5,7H2,1,3-4H3,(H,13,16). The van der Waals surface area contributed by atoms with Crippen molar-refractivity contribution in [1.82, 2.24) is 15.1 Å². The largest absolute Gasteiger partial charge is 0.338 e. The molecule has 0 radical (unpaired) electrons. The Kier molecular flexibility index (Phi) is 4.12. The molecule has 0 saturated carbocycles. The molecule has 1 N–H and O–H groups in total. The highest BCUT2D eigenvalue weighted by atomic mass is 16.1. The molecule has 86 valence electrons. The fourth-order valence-corrected chi connectivity index (χ4v) is 1.54. The van der Waals surface area contributed by atoms with Gasteiger partial charge in [-0.2, -0.15) is 5.10 Å². The van der Waals surface area contributed by atoms with Crippen molar-refractivity contribution in [2.75, 3.05) is 0 Å². The molecule has 0 bridgehead atoms. The van der Waals surface area contributed by atoms with E-state index in [2.05, 4.69) is 16.3 Å². The summed E-state index contributed by atoms with van der Waals surface area (Å²) in [6, 6.07) is -0.197. The van der Waals surface area contributed by atoms with E-state index in [1.165, 1.54) is 0 Å². The van der Waals surface area contributed by atoms with Gasteiger partial charge in [-0.05, 0) is 13.3 Å². The van der Waals surface area contributed by atoms with Gasteiger partial charge in [0.25, 0.3) is 5.91 Å². The van der Waals surface area contributed by atoms with Crippen LogP contribution in [0.2, 0.25) is 0 Å². The first-order valence-corrected chi connectivity index (χ1v) is 5.35. The van der Waals surface area contributed by atoms with Gasteiger partial charge in [0.15, 0.2) is 0 Å². The molecule has 16 heavy (non-hydrogen) atoms. The fourth-order valence-electron chi connectivity index (χ4n) is 1.54. The molecule has 0 aliphatic heterocycles. The topological polar surface area (TPSA) is 46.9 Å². The van der Waals surface area contributed by atoms with Gasteiger partial charge in [-0.1, -0.05) is 19.3 Å². The van der Waals surface area contributed by atoms with Crippen LogP contribution in [0.15, 0.2) is 6.20 Å². The van der Waals surface area contributed by atoms with E-state index in [9.17, 15) is 4.79 Å². The maximum Gasteiger partial charge on any atom is 0.255 e. The third kappa shape index (κ3) is 2.86. The van der Waals surface area contributed by atoms with E-state index in [1.54, 1.807) is 24.9 Å². The van der Waals surface area contributed by atoms with Gasteiger partial charge in [0.2, 0.25) is 0 Å². The molecule has 0 fully saturated rings. The first-order chi connectivity index (χ1) is 7.58. The maximum absolute atomic E-state index is 11.9. The number of amides is 1. The smallest absolute Gasteiger partial charge is 0.255 e. The minimum Gasteiger partial charge on any atom is -0.338 e. The lowest BCUT2D eigenvalue weighted by molar-refractivity contribution is 0.0943. The summed E-state index contributed by atoms with van der Waals surface area (Å²) < 4.78 is 1.62. The molecule has 0 aliphatic rings. The number of aromatic nitrogens is 2. The first-order valence-electron chi connectivity index (χ1n) is 5.35. The summed E-state index contributed by atoms with van der Waals surface area (Å²) in [7, 11) is 1.79. The molecule has 1 aromatic rings. The van der Waals surface area contributed by atoms with Crippen molar-refractivity contribution in [3.8, 4) is 12.3 Å². The van der Waals surface area contributed by atoms with E-state index in [-0.39, 0.29) is 11.9 Å². The van der Waals surface area contributed by atoms with Crippen LogP contribution in [-0.2, 0) is 7.05 Å². The Morgan fingerprint density at radius 1 is 1.75 bits per heavy atom. The normalized spacial score (nSPS) is 11.9. The molecule has 0 aliphatic carbocycles. The van der Waals surface area contributed by atoms with Crippen molar-refractivity contribution in [2.45, 2.75) is 32.7 Å². The molecule has 1 amide bonds. The third-order valence-corrected chi connectivity index (χ3v) is 2.34. The van der Waals surface area contributed by atoms with Crippen LogP contribution < -0.4 is 5.32 Å². The number of nitrogens with zero attached hydrogens (tertiary/aromatic N) is 2. The minimum atomic E-state index is -0.197. The van der Waals surface area contributed by atoms with E-state index in [1.807, 2.05) is 6.92 Å². The van der Waals surface area contributed by atoms with E-state index in [0.717, 1.165) is 12.8 Å². The molecular formula is C12H17N3O. The predicted octanol–water partition coefficient (Wildman–Crippen LogP) is 1.26. The maximum atomic E-state index is 11.9. The van der Waals surface area contributed by atoms with Crippen LogP contribution in [-0.4, -0.2) is 21.7 Å². The Morgan fingerprint density at radius 2 is 2.44 bits per heavy atom. The molecule has 4 nitrogen and oxygen atoms in total. The number of rotatable bonds is 4. The summed E-state index contributed by atoms with van der Waals surface area (Å²) in [5.74, 6) is 2.42. The predicted molar refractivity (Wildman–Crippen MR) is 62.9 cm³/mol. The molecule has 1 heterocycles. The van der Waals surface area contributed by atoms with E-state index >= 15 is 0 Å². The van der Waals surface area contributed by atoms with Crippen LogP contribution in [0.5, 0.6) is 0 Å². The Balaban J connectivity index is 2.72. The van der Waals surface area contributed by atoms with E-state index in [0.29, 0.717) is 11.3 Å². The molecule has 1 aromatic heterocycles. The van der Waals surface area contributed by atoms with Crippen molar-refractivity contribution in [1.29, 1.82) is 0 Å². The van der Waals surface area contributed by atoms with Crippen LogP contribution in [0.4, 0.5) is 0 Å². The van der Waals surface area contributed by atoms with Crippen LogP contribution in [0, 0.1) is 19.3 Å². The molecule has 0 aromatic carbocycles. The molecule has 1 rings (SSSR count).